The molecule has 1 aromatic heterocycles. The summed E-state index contributed by atoms with van der Waals surface area (Å²) in [5.74, 6) is -0.195. The number of pyridine rings is 1. The maximum absolute atomic E-state index is 11.0. The molecule has 2 heterocycles. The Kier molecular flexibility index (Phi) is 2.93. The molecule has 2 atom stereocenters. The number of aliphatic carboxylic acids is 1. The number of carboxylic acid groups (broad SMARTS) is 1. The van der Waals surface area contributed by atoms with Crippen molar-refractivity contribution < 1.29 is 9.90 Å². The third kappa shape index (κ3) is 1.95. The number of carboxylic acids is 1. The second-order valence-electron chi connectivity index (χ2n) is 4.19. The number of hydrogen-bond donors (Lipinski definition) is 2. The molecule has 0 saturated carbocycles. The molecule has 1 unspecified atom stereocenters. The van der Waals surface area contributed by atoms with Gasteiger partial charge in [0.05, 0.1) is 10.9 Å². The lowest BCUT2D eigenvalue weighted by atomic mass is 10.1. The highest BCUT2D eigenvalue weighted by Crippen LogP contribution is 2.35. The van der Waals surface area contributed by atoms with Gasteiger partial charge in [-0.1, -0.05) is 18.2 Å². The summed E-state index contributed by atoms with van der Waals surface area (Å²) < 4.78 is 0. The molecule has 3 rings (SSSR count). The van der Waals surface area contributed by atoms with Crippen LogP contribution in [0.5, 0.6) is 0 Å². The Morgan fingerprint density at radius 1 is 1.39 bits per heavy atom. The zero-order valence-corrected chi connectivity index (χ0v) is 10.4. The minimum atomic E-state index is -0.789. The van der Waals surface area contributed by atoms with Crippen molar-refractivity contribution in [2.75, 3.05) is 5.75 Å². The van der Waals surface area contributed by atoms with E-state index in [0.717, 1.165) is 16.5 Å². The van der Waals surface area contributed by atoms with Crippen molar-refractivity contribution in [1.29, 1.82) is 0 Å². The molecule has 0 radical (unpaired) electrons. The van der Waals surface area contributed by atoms with Crippen LogP contribution in [0.25, 0.3) is 10.9 Å². The Balaban J connectivity index is 1.98. The van der Waals surface area contributed by atoms with Crippen molar-refractivity contribution in [2.45, 2.75) is 11.4 Å². The van der Waals surface area contributed by atoms with Gasteiger partial charge >= 0.3 is 5.97 Å². The van der Waals surface area contributed by atoms with Crippen LogP contribution in [0.2, 0.25) is 0 Å². The summed E-state index contributed by atoms with van der Waals surface area (Å²) in [7, 11) is 0. The van der Waals surface area contributed by atoms with E-state index in [2.05, 4.69) is 10.3 Å². The van der Waals surface area contributed by atoms with Crippen molar-refractivity contribution in [1.82, 2.24) is 10.3 Å². The van der Waals surface area contributed by atoms with Gasteiger partial charge in [0.25, 0.3) is 0 Å². The zero-order valence-electron chi connectivity index (χ0n) is 9.54. The molecule has 2 N–H and O–H groups in total. The first-order valence-corrected chi connectivity index (χ1v) is 6.74. The molecule has 0 spiro atoms. The van der Waals surface area contributed by atoms with Gasteiger partial charge in [0.1, 0.15) is 6.04 Å². The normalized spacial score (nSPS) is 23.3. The summed E-state index contributed by atoms with van der Waals surface area (Å²) in [6, 6.07) is 9.40. The fourth-order valence-electron chi connectivity index (χ4n) is 2.14. The fourth-order valence-corrected chi connectivity index (χ4v) is 3.41. The van der Waals surface area contributed by atoms with Crippen LogP contribution < -0.4 is 5.32 Å². The van der Waals surface area contributed by atoms with Gasteiger partial charge in [0.2, 0.25) is 0 Å². The monoisotopic (exact) mass is 260 g/mol. The highest BCUT2D eigenvalue weighted by molar-refractivity contribution is 7.99. The number of hydrogen-bond acceptors (Lipinski definition) is 4. The Bertz CT molecular complexity index is 597. The van der Waals surface area contributed by atoms with Gasteiger partial charge in [-0.15, -0.1) is 11.8 Å². The highest BCUT2D eigenvalue weighted by atomic mass is 32.2. The van der Waals surface area contributed by atoms with Crippen molar-refractivity contribution in [3.8, 4) is 0 Å². The number of thioether (sulfide) groups is 1. The molecule has 1 aliphatic rings. The fraction of sp³-hybridized carbons (Fsp3) is 0.231. The minimum absolute atomic E-state index is 0.0269. The van der Waals surface area contributed by atoms with E-state index in [1.54, 1.807) is 18.0 Å². The number of rotatable bonds is 2. The summed E-state index contributed by atoms with van der Waals surface area (Å²) in [5, 5.41) is 13.2. The van der Waals surface area contributed by atoms with Gasteiger partial charge in [0, 0.05) is 17.3 Å². The lowest BCUT2D eigenvalue weighted by Gasteiger charge is -2.13. The molecule has 1 aromatic carbocycles. The van der Waals surface area contributed by atoms with Gasteiger partial charge in [0.15, 0.2) is 0 Å². The van der Waals surface area contributed by atoms with E-state index in [4.69, 9.17) is 5.11 Å². The van der Waals surface area contributed by atoms with Crippen LogP contribution in [0, 0.1) is 0 Å². The van der Waals surface area contributed by atoms with E-state index in [1.165, 1.54) is 0 Å². The topological polar surface area (TPSA) is 62.2 Å². The molecular weight excluding hydrogens is 248 g/mol. The first kappa shape index (κ1) is 11.5. The van der Waals surface area contributed by atoms with E-state index in [9.17, 15) is 4.79 Å². The molecule has 0 amide bonds. The van der Waals surface area contributed by atoms with Crippen molar-refractivity contribution in [3.63, 3.8) is 0 Å². The maximum atomic E-state index is 11.0. The van der Waals surface area contributed by atoms with Crippen LogP contribution in [0.15, 0.2) is 36.5 Å². The van der Waals surface area contributed by atoms with Gasteiger partial charge in [-0.05, 0) is 17.7 Å². The number of nitrogens with zero attached hydrogens (tertiary/aromatic N) is 1. The van der Waals surface area contributed by atoms with E-state index < -0.39 is 12.0 Å². The molecule has 4 nitrogen and oxygen atoms in total. The Hall–Kier alpha value is -1.59. The molecule has 92 valence electrons. The number of fused-ring (bicyclic) bond motifs is 1. The number of aromatic nitrogens is 1. The summed E-state index contributed by atoms with van der Waals surface area (Å²) >= 11 is 1.63. The quantitative estimate of drug-likeness (QED) is 0.865. The van der Waals surface area contributed by atoms with Gasteiger partial charge in [-0.2, -0.15) is 0 Å². The van der Waals surface area contributed by atoms with E-state index >= 15 is 0 Å². The van der Waals surface area contributed by atoms with Gasteiger partial charge in [-0.25, -0.2) is 0 Å². The van der Waals surface area contributed by atoms with Gasteiger partial charge < -0.3 is 5.11 Å². The molecule has 5 heteroatoms. The van der Waals surface area contributed by atoms with E-state index in [-0.39, 0.29) is 5.37 Å². The Morgan fingerprint density at radius 3 is 3.00 bits per heavy atom. The Labute approximate surface area is 108 Å². The van der Waals surface area contributed by atoms with Crippen molar-refractivity contribution in [3.05, 3.63) is 42.1 Å². The first-order chi connectivity index (χ1) is 8.75. The smallest absolute Gasteiger partial charge is 0.321 e. The van der Waals surface area contributed by atoms with Crippen molar-refractivity contribution in [2.24, 2.45) is 0 Å². The van der Waals surface area contributed by atoms with E-state index in [0.29, 0.717) is 5.75 Å². The average Bonchev–Trinajstić information content (AvgIpc) is 2.87. The van der Waals surface area contributed by atoms with Crippen LogP contribution >= 0.6 is 11.8 Å². The molecule has 1 saturated heterocycles. The highest BCUT2D eigenvalue weighted by Gasteiger charge is 2.30. The molecule has 18 heavy (non-hydrogen) atoms. The summed E-state index contributed by atoms with van der Waals surface area (Å²) in [5.41, 5.74) is 2.05. The van der Waals surface area contributed by atoms with Crippen LogP contribution in [0.4, 0.5) is 0 Å². The van der Waals surface area contributed by atoms with Crippen LogP contribution in [-0.2, 0) is 4.79 Å². The average molecular weight is 260 g/mol. The van der Waals surface area contributed by atoms with Crippen molar-refractivity contribution >= 4 is 28.6 Å². The lowest BCUT2D eigenvalue weighted by Crippen LogP contribution is -2.33. The zero-order chi connectivity index (χ0) is 12.5. The third-order valence-corrected chi connectivity index (χ3v) is 4.29. The van der Waals surface area contributed by atoms with Crippen LogP contribution in [-0.4, -0.2) is 27.9 Å². The van der Waals surface area contributed by atoms with Crippen LogP contribution in [0.1, 0.15) is 10.9 Å². The number of benzene rings is 1. The maximum Gasteiger partial charge on any atom is 0.321 e. The molecule has 1 aliphatic heterocycles. The first-order valence-electron chi connectivity index (χ1n) is 5.70. The number of para-hydroxylation sites is 1. The molecule has 2 aromatic rings. The predicted molar refractivity (Wildman–Crippen MR) is 71.5 cm³/mol. The number of carbonyl (C=O) groups is 1. The molecule has 0 aliphatic carbocycles. The third-order valence-electron chi connectivity index (χ3n) is 3.05. The molecule has 1 fully saturated rings. The SMILES string of the molecule is O=C(O)[C@@H]1CSC(c2ccnc3ccccc23)N1. The Morgan fingerprint density at radius 2 is 2.22 bits per heavy atom. The number of nitrogens with one attached hydrogen (secondary N) is 1. The summed E-state index contributed by atoms with van der Waals surface area (Å²) in [6.45, 7) is 0. The summed E-state index contributed by atoms with van der Waals surface area (Å²) in [6.07, 6.45) is 1.77. The van der Waals surface area contributed by atoms with E-state index in [1.807, 2.05) is 30.3 Å². The van der Waals surface area contributed by atoms with Gasteiger partial charge in [-0.3, -0.25) is 15.1 Å². The second-order valence-corrected chi connectivity index (χ2v) is 5.33. The molecular formula is C13H12N2O2S. The summed E-state index contributed by atoms with van der Waals surface area (Å²) in [4.78, 5) is 15.3. The second kappa shape index (κ2) is 4.59. The van der Waals surface area contributed by atoms with Crippen LogP contribution in [0.3, 0.4) is 0 Å². The largest absolute Gasteiger partial charge is 0.480 e. The minimum Gasteiger partial charge on any atom is -0.480 e. The molecule has 0 bridgehead atoms. The lowest BCUT2D eigenvalue weighted by molar-refractivity contribution is -0.138. The standard InChI is InChI=1S/C13H12N2O2S/c16-13(17)11-7-18-12(15-11)9-5-6-14-10-4-2-1-3-8(9)10/h1-6,11-12,15H,7H2,(H,16,17)/t11-,12?/m0/s1. The predicted octanol–water partition coefficient (Wildman–Crippen LogP) is 2.02.